The summed E-state index contributed by atoms with van der Waals surface area (Å²) in [5, 5.41) is 18.6. The lowest BCUT2D eigenvalue weighted by Gasteiger charge is -2.04. The average Bonchev–Trinajstić information content (AvgIpc) is 1.85. The molecule has 60 valence electrons. The molecule has 0 aliphatic heterocycles. The Morgan fingerprint density at radius 2 is 1.91 bits per heavy atom. The highest BCUT2D eigenvalue weighted by Gasteiger charge is 2.05. The molecule has 0 saturated heterocycles. The number of aryl methyl sites for hydroxylation is 1. The second kappa shape index (κ2) is 3.07. The van der Waals surface area contributed by atoms with E-state index in [2.05, 4.69) is 0 Å². The number of benzene rings is 1. The molecule has 1 aromatic rings. The fraction of sp³-hybridized carbons (Fsp3) is 0.143. The Kier molecular flexibility index (Phi) is 2.32. The first-order chi connectivity index (χ1) is 5.15. The zero-order valence-electron chi connectivity index (χ0n) is 6.00. The van der Waals surface area contributed by atoms with Crippen molar-refractivity contribution in [1.82, 2.24) is 0 Å². The molecule has 3 N–H and O–H groups in total. The quantitative estimate of drug-likeness (QED) is 0.544. The number of hydrogen-bond donors (Lipinski definition) is 3. The Balaban J connectivity index is 3.25. The van der Waals surface area contributed by atoms with E-state index in [9.17, 15) is 0 Å². The Morgan fingerprint density at radius 3 is 2.36 bits per heavy atom. The van der Waals surface area contributed by atoms with Crippen LogP contribution in [0.3, 0.4) is 0 Å². The van der Waals surface area contributed by atoms with Crippen LogP contribution < -0.4 is 5.30 Å². The van der Waals surface area contributed by atoms with Gasteiger partial charge in [0, 0.05) is 20.2 Å². The van der Waals surface area contributed by atoms with Crippen molar-refractivity contribution in [2.45, 2.75) is 6.92 Å². The molecule has 1 rings (SSSR count). The van der Waals surface area contributed by atoms with Crippen LogP contribution in [0, 0.1) is 6.92 Å². The Hall–Kier alpha value is -0.790. The van der Waals surface area contributed by atoms with Crippen LogP contribution in [0.5, 0.6) is 11.5 Å². The topological polar surface area (TPSA) is 60.7 Å². The molecular formula is C7H9O3P. The van der Waals surface area contributed by atoms with Gasteiger partial charge in [-0.3, -0.25) is 0 Å². The minimum Gasteiger partial charge on any atom is -0.508 e. The Labute approximate surface area is 66.2 Å². The van der Waals surface area contributed by atoms with Crippen molar-refractivity contribution >= 4 is 14.1 Å². The summed E-state index contributed by atoms with van der Waals surface area (Å²) in [5.41, 5.74) is 0.698. The van der Waals surface area contributed by atoms with Gasteiger partial charge < -0.3 is 15.1 Å². The van der Waals surface area contributed by atoms with Crippen LogP contribution in [0.1, 0.15) is 5.56 Å². The lowest BCUT2D eigenvalue weighted by molar-refractivity contribution is 0.452. The van der Waals surface area contributed by atoms with Crippen LogP contribution >= 0.6 is 8.81 Å². The van der Waals surface area contributed by atoms with Crippen LogP contribution in [0.25, 0.3) is 0 Å². The Bertz CT molecular complexity index is 249. The van der Waals surface area contributed by atoms with E-state index in [4.69, 9.17) is 15.1 Å². The van der Waals surface area contributed by atoms with Gasteiger partial charge in [0.15, 0.2) is 0 Å². The fourth-order valence-corrected chi connectivity index (χ4v) is 1.33. The van der Waals surface area contributed by atoms with E-state index in [-0.39, 0.29) is 11.5 Å². The molecule has 3 nitrogen and oxygen atoms in total. The van der Waals surface area contributed by atoms with Crippen molar-refractivity contribution in [3.63, 3.8) is 0 Å². The second-order valence-corrected chi connectivity index (χ2v) is 2.99. The summed E-state index contributed by atoms with van der Waals surface area (Å²) in [6.45, 7) is 1.72. The summed E-state index contributed by atoms with van der Waals surface area (Å²) in [6.07, 6.45) is 0. The van der Waals surface area contributed by atoms with Crippen molar-refractivity contribution < 1.29 is 15.1 Å². The van der Waals surface area contributed by atoms with Crippen LogP contribution in [-0.4, -0.2) is 15.1 Å². The monoisotopic (exact) mass is 172 g/mol. The fourth-order valence-electron chi connectivity index (χ4n) is 0.895. The number of hydrogen-bond acceptors (Lipinski definition) is 3. The second-order valence-electron chi connectivity index (χ2n) is 2.27. The summed E-state index contributed by atoms with van der Waals surface area (Å²) in [6, 6.07) is 2.71. The van der Waals surface area contributed by atoms with Crippen molar-refractivity contribution in [3.05, 3.63) is 17.7 Å². The van der Waals surface area contributed by atoms with Gasteiger partial charge >= 0.3 is 0 Å². The van der Waals surface area contributed by atoms with Gasteiger partial charge in [0.05, 0.1) is 0 Å². The third kappa shape index (κ3) is 1.62. The molecule has 0 fully saturated rings. The van der Waals surface area contributed by atoms with E-state index in [0.29, 0.717) is 10.9 Å². The van der Waals surface area contributed by atoms with Crippen LogP contribution in [-0.2, 0) is 0 Å². The molecule has 0 aromatic heterocycles. The smallest absolute Gasteiger partial charge is 0.129 e. The van der Waals surface area contributed by atoms with Gasteiger partial charge in [-0.05, 0) is 18.6 Å². The molecule has 1 atom stereocenters. The van der Waals surface area contributed by atoms with Gasteiger partial charge in [-0.25, -0.2) is 0 Å². The first-order valence-corrected chi connectivity index (χ1v) is 4.02. The van der Waals surface area contributed by atoms with Crippen LogP contribution in [0.4, 0.5) is 0 Å². The van der Waals surface area contributed by atoms with E-state index in [1.807, 2.05) is 0 Å². The largest absolute Gasteiger partial charge is 0.508 e. The van der Waals surface area contributed by atoms with Gasteiger partial charge in [-0.2, -0.15) is 0 Å². The van der Waals surface area contributed by atoms with Crippen molar-refractivity contribution in [3.8, 4) is 11.5 Å². The average molecular weight is 172 g/mol. The predicted octanol–water partition coefficient (Wildman–Crippen LogP) is 0.617. The normalized spacial score (nSPS) is 11.1. The van der Waals surface area contributed by atoms with E-state index in [1.165, 1.54) is 12.1 Å². The molecule has 0 bridgehead atoms. The number of rotatable bonds is 1. The molecule has 0 saturated carbocycles. The third-order valence-corrected chi connectivity index (χ3v) is 2.29. The number of phenolic OH excluding ortho intramolecular Hbond substituents is 2. The molecule has 0 spiro atoms. The van der Waals surface area contributed by atoms with Gasteiger partial charge in [0.1, 0.15) is 11.5 Å². The summed E-state index contributed by atoms with van der Waals surface area (Å²) in [4.78, 5) is 8.78. The van der Waals surface area contributed by atoms with Gasteiger partial charge in [-0.15, -0.1) is 0 Å². The molecule has 0 radical (unpaired) electrons. The third-order valence-electron chi connectivity index (χ3n) is 1.41. The van der Waals surface area contributed by atoms with Crippen molar-refractivity contribution in [2.24, 2.45) is 0 Å². The summed E-state index contributed by atoms with van der Waals surface area (Å²) in [7, 11) is -0.437. The van der Waals surface area contributed by atoms with E-state index >= 15 is 0 Å². The molecule has 0 aliphatic carbocycles. The SMILES string of the molecule is Cc1cc(O)cc(O)c1PO. The zero-order chi connectivity index (χ0) is 8.43. The number of phenols is 2. The molecule has 1 unspecified atom stereocenters. The molecule has 11 heavy (non-hydrogen) atoms. The van der Waals surface area contributed by atoms with Gasteiger partial charge in [0.25, 0.3) is 0 Å². The Morgan fingerprint density at radius 1 is 1.27 bits per heavy atom. The predicted molar refractivity (Wildman–Crippen MR) is 44.7 cm³/mol. The number of aromatic hydroxyl groups is 2. The maximum Gasteiger partial charge on any atom is 0.129 e. The summed E-state index contributed by atoms with van der Waals surface area (Å²) in [5.74, 6) is -0.0367. The maximum absolute atomic E-state index is 9.16. The van der Waals surface area contributed by atoms with Crippen molar-refractivity contribution in [2.75, 3.05) is 0 Å². The van der Waals surface area contributed by atoms with Crippen LogP contribution in [0.2, 0.25) is 0 Å². The van der Waals surface area contributed by atoms with Crippen LogP contribution in [0.15, 0.2) is 12.1 Å². The lowest BCUT2D eigenvalue weighted by Crippen LogP contribution is -1.99. The van der Waals surface area contributed by atoms with Gasteiger partial charge in [0.2, 0.25) is 0 Å². The highest BCUT2D eigenvalue weighted by molar-refractivity contribution is 7.41. The van der Waals surface area contributed by atoms with E-state index in [1.54, 1.807) is 6.92 Å². The lowest BCUT2D eigenvalue weighted by atomic mass is 10.2. The van der Waals surface area contributed by atoms with Crippen molar-refractivity contribution in [1.29, 1.82) is 0 Å². The highest BCUT2D eigenvalue weighted by Crippen LogP contribution is 2.23. The molecule has 4 heteroatoms. The summed E-state index contributed by atoms with van der Waals surface area (Å²) >= 11 is 0. The van der Waals surface area contributed by atoms with E-state index in [0.717, 1.165) is 0 Å². The first kappa shape index (κ1) is 8.31. The minimum absolute atomic E-state index is 0.0157. The molecule has 0 heterocycles. The standard InChI is InChI=1S/C7H9O3P/c1-4-2-5(8)3-6(9)7(4)11-10/h2-3,8-11H,1H3. The molecule has 0 amide bonds. The minimum atomic E-state index is -0.437. The molecule has 1 aromatic carbocycles. The highest BCUT2D eigenvalue weighted by atomic mass is 31.1. The van der Waals surface area contributed by atoms with Gasteiger partial charge in [-0.1, -0.05) is 0 Å². The maximum atomic E-state index is 9.16. The zero-order valence-corrected chi connectivity index (χ0v) is 7.00. The molecular weight excluding hydrogens is 163 g/mol. The summed E-state index contributed by atoms with van der Waals surface area (Å²) < 4.78 is 0. The van der Waals surface area contributed by atoms with E-state index < -0.39 is 8.81 Å². The molecule has 0 aliphatic rings. The first-order valence-electron chi connectivity index (χ1n) is 3.08.